The maximum absolute atomic E-state index is 13.5. The van der Waals surface area contributed by atoms with Crippen LogP contribution in [0.2, 0.25) is 0 Å². The number of aryl methyl sites for hydroxylation is 1. The number of nitrogens with zero attached hydrogens (tertiary/aromatic N) is 3. The van der Waals surface area contributed by atoms with Crippen LogP contribution in [0.25, 0.3) is 0 Å². The third kappa shape index (κ3) is 6.69. The van der Waals surface area contributed by atoms with Gasteiger partial charge in [0, 0.05) is 23.2 Å². The van der Waals surface area contributed by atoms with Gasteiger partial charge in [-0.3, -0.25) is 4.79 Å². The molecule has 0 saturated carbocycles. The number of nitriles is 1. The van der Waals surface area contributed by atoms with E-state index < -0.39 is 0 Å². The van der Waals surface area contributed by atoms with Gasteiger partial charge in [0.25, 0.3) is 0 Å². The Morgan fingerprint density at radius 2 is 1.85 bits per heavy atom. The second-order valence-electron chi connectivity index (χ2n) is 8.27. The molecule has 176 valence electrons. The number of hydrogen-bond acceptors (Lipinski definition) is 4. The SMILES string of the molecule is CCC(C)N(CC(=O)N(Cc1ccccc1)Cc1sccc1C)C(=O)Nc1cccc(C#N)c1. The fourth-order valence-electron chi connectivity index (χ4n) is 3.53. The molecule has 1 N–H and O–H groups in total. The van der Waals surface area contributed by atoms with Crippen LogP contribution in [0.1, 0.15) is 41.8 Å². The summed E-state index contributed by atoms with van der Waals surface area (Å²) in [5.74, 6) is -0.113. The van der Waals surface area contributed by atoms with Gasteiger partial charge in [-0.05, 0) is 61.0 Å². The minimum absolute atomic E-state index is 0.0317. The van der Waals surface area contributed by atoms with Crippen molar-refractivity contribution in [3.05, 3.63) is 87.6 Å². The van der Waals surface area contributed by atoms with E-state index in [1.165, 1.54) is 0 Å². The van der Waals surface area contributed by atoms with Gasteiger partial charge in [0.05, 0.1) is 18.2 Å². The third-order valence-electron chi connectivity index (χ3n) is 5.80. The van der Waals surface area contributed by atoms with Gasteiger partial charge < -0.3 is 15.1 Å². The molecular weight excluding hydrogens is 444 g/mol. The van der Waals surface area contributed by atoms with Gasteiger partial charge in [0.15, 0.2) is 0 Å². The molecule has 34 heavy (non-hydrogen) atoms. The van der Waals surface area contributed by atoms with Crippen molar-refractivity contribution in [2.75, 3.05) is 11.9 Å². The molecule has 3 amide bonds. The van der Waals surface area contributed by atoms with Gasteiger partial charge in [-0.25, -0.2) is 4.79 Å². The first-order valence-electron chi connectivity index (χ1n) is 11.3. The number of anilines is 1. The Balaban J connectivity index is 1.80. The summed E-state index contributed by atoms with van der Waals surface area (Å²) >= 11 is 1.63. The number of thiophene rings is 1. The molecule has 1 unspecified atom stereocenters. The van der Waals surface area contributed by atoms with Crippen molar-refractivity contribution in [2.45, 2.75) is 46.3 Å². The zero-order chi connectivity index (χ0) is 24.5. The quantitative estimate of drug-likeness (QED) is 0.426. The molecule has 0 saturated heterocycles. The van der Waals surface area contributed by atoms with E-state index in [4.69, 9.17) is 5.26 Å². The van der Waals surface area contributed by atoms with E-state index in [-0.39, 0.29) is 24.5 Å². The highest BCUT2D eigenvalue weighted by atomic mass is 32.1. The van der Waals surface area contributed by atoms with E-state index in [1.807, 2.05) is 61.4 Å². The minimum Gasteiger partial charge on any atom is -0.332 e. The first-order valence-corrected chi connectivity index (χ1v) is 12.2. The predicted molar refractivity (Wildman–Crippen MR) is 136 cm³/mol. The van der Waals surface area contributed by atoms with Gasteiger partial charge in [0.2, 0.25) is 5.91 Å². The van der Waals surface area contributed by atoms with Crippen LogP contribution in [0.5, 0.6) is 0 Å². The van der Waals surface area contributed by atoms with Crippen LogP contribution in [-0.4, -0.2) is 34.3 Å². The van der Waals surface area contributed by atoms with E-state index in [0.29, 0.717) is 30.8 Å². The highest BCUT2D eigenvalue weighted by Gasteiger charge is 2.25. The summed E-state index contributed by atoms with van der Waals surface area (Å²) in [4.78, 5) is 31.2. The topological polar surface area (TPSA) is 76.4 Å². The normalized spacial score (nSPS) is 11.4. The van der Waals surface area contributed by atoms with Crippen LogP contribution >= 0.6 is 11.3 Å². The van der Waals surface area contributed by atoms with Crippen LogP contribution in [0, 0.1) is 18.3 Å². The molecule has 1 heterocycles. The lowest BCUT2D eigenvalue weighted by molar-refractivity contribution is -0.133. The minimum atomic E-state index is -0.357. The molecule has 1 atom stereocenters. The average molecular weight is 475 g/mol. The number of amides is 3. The Bertz CT molecular complexity index is 1150. The lowest BCUT2D eigenvalue weighted by Crippen LogP contribution is -2.47. The Morgan fingerprint density at radius 3 is 2.50 bits per heavy atom. The van der Waals surface area contributed by atoms with Crippen molar-refractivity contribution >= 4 is 29.0 Å². The number of urea groups is 1. The van der Waals surface area contributed by atoms with Gasteiger partial charge in [-0.2, -0.15) is 5.26 Å². The summed E-state index contributed by atoms with van der Waals surface area (Å²) in [6.07, 6.45) is 0.710. The van der Waals surface area contributed by atoms with Crippen LogP contribution in [0.4, 0.5) is 10.5 Å². The van der Waals surface area contributed by atoms with Crippen molar-refractivity contribution in [3.63, 3.8) is 0 Å². The molecule has 0 fully saturated rings. The lowest BCUT2D eigenvalue weighted by atomic mass is 10.2. The first-order chi connectivity index (χ1) is 16.4. The van der Waals surface area contributed by atoms with Crippen molar-refractivity contribution in [1.82, 2.24) is 9.80 Å². The number of carbonyl (C=O) groups is 2. The highest BCUT2D eigenvalue weighted by molar-refractivity contribution is 7.10. The van der Waals surface area contributed by atoms with Crippen molar-refractivity contribution in [2.24, 2.45) is 0 Å². The number of hydrogen-bond donors (Lipinski definition) is 1. The number of benzene rings is 2. The monoisotopic (exact) mass is 474 g/mol. The van der Waals surface area contributed by atoms with Crippen LogP contribution in [0.15, 0.2) is 66.0 Å². The maximum Gasteiger partial charge on any atom is 0.322 e. The zero-order valence-electron chi connectivity index (χ0n) is 19.8. The molecule has 3 aromatic rings. The fraction of sp³-hybridized carbons (Fsp3) is 0.296. The number of rotatable bonds is 9. The Labute approximate surface area is 205 Å². The van der Waals surface area contributed by atoms with E-state index in [1.54, 1.807) is 40.5 Å². The second kappa shape index (κ2) is 12.0. The summed E-state index contributed by atoms with van der Waals surface area (Å²) in [5, 5.41) is 14.0. The third-order valence-corrected chi connectivity index (χ3v) is 6.81. The molecule has 0 aliphatic carbocycles. The second-order valence-corrected chi connectivity index (χ2v) is 9.27. The molecule has 0 radical (unpaired) electrons. The molecule has 3 rings (SSSR count). The fourth-order valence-corrected chi connectivity index (χ4v) is 4.45. The Kier molecular flexibility index (Phi) is 8.83. The van der Waals surface area contributed by atoms with E-state index in [0.717, 1.165) is 16.0 Å². The lowest BCUT2D eigenvalue weighted by Gasteiger charge is -2.31. The maximum atomic E-state index is 13.5. The number of carbonyl (C=O) groups excluding carboxylic acids is 2. The first kappa shape index (κ1) is 25.0. The average Bonchev–Trinajstić information content (AvgIpc) is 3.26. The van der Waals surface area contributed by atoms with Crippen LogP contribution in [0.3, 0.4) is 0 Å². The van der Waals surface area contributed by atoms with Crippen molar-refractivity contribution in [3.8, 4) is 6.07 Å². The van der Waals surface area contributed by atoms with Crippen LogP contribution in [-0.2, 0) is 17.9 Å². The Morgan fingerprint density at radius 1 is 1.09 bits per heavy atom. The van der Waals surface area contributed by atoms with Gasteiger partial charge in [0.1, 0.15) is 6.54 Å². The summed E-state index contributed by atoms with van der Waals surface area (Å²) in [6.45, 7) is 6.90. The van der Waals surface area contributed by atoms with Crippen molar-refractivity contribution in [1.29, 1.82) is 5.26 Å². The van der Waals surface area contributed by atoms with Gasteiger partial charge in [-0.1, -0.05) is 43.3 Å². The summed E-state index contributed by atoms with van der Waals surface area (Å²) in [7, 11) is 0. The molecule has 0 aliphatic rings. The van der Waals surface area contributed by atoms with Gasteiger partial charge in [-0.15, -0.1) is 11.3 Å². The summed E-state index contributed by atoms with van der Waals surface area (Å²) < 4.78 is 0. The largest absolute Gasteiger partial charge is 0.332 e. The molecule has 0 spiro atoms. The van der Waals surface area contributed by atoms with E-state index >= 15 is 0 Å². The van der Waals surface area contributed by atoms with E-state index in [2.05, 4.69) is 17.5 Å². The zero-order valence-corrected chi connectivity index (χ0v) is 20.6. The summed E-state index contributed by atoms with van der Waals surface area (Å²) in [5.41, 5.74) is 3.19. The smallest absolute Gasteiger partial charge is 0.322 e. The predicted octanol–water partition coefficient (Wildman–Crippen LogP) is 5.79. The molecule has 2 aromatic carbocycles. The molecule has 0 aliphatic heterocycles. The summed E-state index contributed by atoms with van der Waals surface area (Å²) in [6, 6.07) is 20.3. The molecule has 7 heteroatoms. The molecular formula is C27H30N4O2S. The molecule has 1 aromatic heterocycles. The van der Waals surface area contributed by atoms with Gasteiger partial charge >= 0.3 is 6.03 Å². The standard InChI is InChI=1S/C27H30N4O2S/c1-4-21(3)31(27(33)29-24-12-8-11-23(15-24)16-28)19-26(32)30(17-22-9-6-5-7-10-22)18-25-20(2)13-14-34-25/h5-15,21H,4,17-19H2,1-3H3,(H,29,33). The molecule has 6 nitrogen and oxygen atoms in total. The van der Waals surface area contributed by atoms with E-state index in [9.17, 15) is 9.59 Å². The van der Waals surface area contributed by atoms with Crippen molar-refractivity contribution < 1.29 is 9.59 Å². The number of nitrogens with one attached hydrogen (secondary N) is 1. The highest BCUT2D eigenvalue weighted by Crippen LogP contribution is 2.20. The molecule has 0 bridgehead atoms. The Hall–Kier alpha value is -3.63. The van der Waals surface area contributed by atoms with Crippen LogP contribution < -0.4 is 5.32 Å².